The van der Waals surface area contributed by atoms with Crippen LogP contribution in [-0.2, 0) is 17.6 Å². The largest absolute Gasteiger partial charge is 0.478 e. The Morgan fingerprint density at radius 2 is 1.79 bits per heavy atom. The van der Waals surface area contributed by atoms with E-state index in [2.05, 4.69) is 13.0 Å². The maximum absolute atomic E-state index is 14.7. The van der Waals surface area contributed by atoms with Crippen molar-refractivity contribution in [3.63, 3.8) is 0 Å². The van der Waals surface area contributed by atoms with Gasteiger partial charge in [-0.1, -0.05) is 35.5 Å². The molecule has 1 unspecified atom stereocenters. The minimum atomic E-state index is -1.40. The Hall–Kier alpha value is -3.23. The Kier molecular flexibility index (Phi) is 7.05. The molecular formula is C29H24ClF3N2O2S. The summed E-state index contributed by atoms with van der Waals surface area (Å²) in [4.78, 5) is 16.1. The van der Waals surface area contributed by atoms with Crippen molar-refractivity contribution in [3.05, 3.63) is 111 Å². The third-order valence-electron chi connectivity index (χ3n) is 7.15. The molecule has 0 aliphatic heterocycles. The van der Waals surface area contributed by atoms with Crippen molar-refractivity contribution < 1.29 is 23.1 Å². The van der Waals surface area contributed by atoms with Crippen molar-refractivity contribution in [3.8, 4) is 5.69 Å². The monoisotopic (exact) mass is 556 g/mol. The molecule has 1 aliphatic rings. The van der Waals surface area contributed by atoms with Crippen molar-refractivity contribution in [2.24, 2.45) is 0 Å². The van der Waals surface area contributed by atoms with Gasteiger partial charge in [0.25, 0.3) is 0 Å². The maximum atomic E-state index is 14.7. The molecule has 0 spiro atoms. The van der Waals surface area contributed by atoms with Crippen LogP contribution in [0.25, 0.3) is 5.69 Å². The second-order valence-corrected chi connectivity index (χ2v) is 11.0. The average molecular weight is 557 g/mol. The molecule has 0 amide bonds. The molecular weight excluding hydrogens is 533 g/mol. The van der Waals surface area contributed by atoms with E-state index < -0.39 is 28.6 Å². The average Bonchev–Trinajstić information content (AvgIpc) is 3.25. The standard InChI is InChI=1S/C29H24ClF3N2O2S/c1-16-12-18(5-10-22(16)30)29(2)11-3-4-25-26(29)35(20-8-6-19(31)7-9-20)28(34-25)38-15-21-23(32)13-17(27(36)37)14-24(21)33/h5-10,12-14H,3-4,11,15H2,1-2H3,(H,36,37). The molecule has 4 nitrogen and oxygen atoms in total. The summed E-state index contributed by atoms with van der Waals surface area (Å²) in [5.74, 6) is -3.75. The summed E-state index contributed by atoms with van der Waals surface area (Å²) in [6.45, 7) is 4.10. The van der Waals surface area contributed by atoms with Gasteiger partial charge in [-0.05, 0) is 86.7 Å². The number of aryl methyl sites for hydroxylation is 2. The summed E-state index contributed by atoms with van der Waals surface area (Å²) in [6, 6.07) is 13.6. The highest BCUT2D eigenvalue weighted by Gasteiger charge is 2.39. The first kappa shape index (κ1) is 26.4. The number of hydrogen-bond acceptors (Lipinski definition) is 3. The number of rotatable bonds is 6. The smallest absolute Gasteiger partial charge is 0.335 e. The Balaban J connectivity index is 1.63. The maximum Gasteiger partial charge on any atom is 0.335 e. The summed E-state index contributed by atoms with van der Waals surface area (Å²) in [5, 5.41) is 10.3. The molecule has 38 heavy (non-hydrogen) atoms. The van der Waals surface area contributed by atoms with E-state index in [0.29, 0.717) is 15.9 Å². The number of imidazole rings is 1. The van der Waals surface area contributed by atoms with Gasteiger partial charge in [0.2, 0.25) is 0 Å². The highest BCUT2D eigenvalue weighted by molar-refractivity contribution is 7.98. The first-order valence-corrected chi connectivity index (χ1v) is 13.4. The fourth-order valence-corrected chi connectivity index (χ4v) is 6.27. The molecule has 4 aromatic rings. The molecule has 0 saturated heterocycles. The van der Waals surface area contributed by atoms with Crippen molar-refractivity contribution in [1.29, 1.82) is 0 Å². The van der Waals surface area contributed by atoms with Crippen molar-refractivity contribution >= 4 is 29.3 Å². The fraction of sp³-hybridized carbons (Fsp3) is 0.241. The van der Waals surface area contributed by atoms with E-state index in [1.54, 1.807) is 12.1 Å². The minimum absolute atomic E-state index is 0.106. The molecule has 3 aromatic carbocycles. The van der Waals surface area contributed by atoms with Crippen molar-refractivity contribution in [2.45, 2.75) is 49.4 Å². The van der Waals surface area contributed by atoms with Crippen LogP contribution in [0.4, 0.5) is 13.2 Å². The topological polar surface area (TPSA) is 55.1 Å². The quantitative estimate of drug-likeness (QED) is 0.245. The van der Waals surface area contributed by atoms with Crippen LogP contribution < -0.4 is 0 Å². The van der Waals surface area contributed by atoms with E-state index in [9.17, 15) is 18.0 Å². The number of benzene rings is 3. The summed E-state index contributed by atoms with van der Waals surface area (Å²) in [5.41, 5.74) is 3.40. The van der Waals surface area contributed by atoms with Gasteiger partial charge in [0.05, 0.1) is 17.0 Å². The van der Waals surface area contributed by atoms with Crippen LogP contribution in [-0.4, -0.2) is 20.6 Å². The van der Waals surface area contributed by atoms with Crippen LogP contribution in [0.3, 0.4) is 0 Å². The summed E-state index contributed by atoms with van der Waals surface area (Å²) in [6.07, 6.45) is 2.48. The number of aromatic nitrogens is 2. The molecule has 1 heterocycles. The second kappa shape index (κ2) is 10.2. The Morgan fingerprint density at radius 3 is 2.42 bits per heavy atom. The van der Waals surface area contributed by atoms with E-state index in [1.165, 1.54) is 12.1 Å². The molecule has 196 valence electrons. The fourth-order valence-electron chi connectivity index (χ4n) is 5.11. The zero-order chi connectivity index (χ0) is 27.2. The number of thioether (sulfide) groups is 1. The Morgan fingerprint density at radius 1 is 1.11 bits per heavy atom. The SMILES string of the molecule is Cc1cc(C2(C)CCCc3nc(SCc4c(F)cc(C(=O)O)cc4F)n(-c4ccc(F)cc4)c32)ccc1Cl. The Bertz CT molecular complexity index is 1530. The van der Waals surface area contributed by atoms with Crippen LogP contribution >= 0.6 is 23.4 Å². The van der Waals surface area contributed by atoms with Gasteiger partial charge in [0.1, 0.15) is 17.5 Å². The number of carboxylic acids is 1. The van der Waals surface area contributed by atoms with Crippen LogP contribution in [0.15, 0.2) is 59.8 Å². The minimum Gasteiger partial charge on any atom is -0.478 e. The third-order valence-corrected chi connectivity index (χ3v) is 8.53. The normalized spacial score (nSPS) is 16.9. The lowest BCUT2D eigenvalue weighted by Crippen LogP contribution is -2.31. The predicted molar refractivity (Wildman–Crippen MR) is 142 cm³/mol. The molecule has 0 bridgehead atoms. The van der Waals surface area contributed by atoms with Crippen molar-refractivity contribution in [1.82, 2.24) is 9.55 Å². The highest BCUT2D eigenvalue weighted by atomic mass is 35.5. The lowest BCUT2D eigenvalue weighted by Gasteiger charge is -2.36. The molecule has 5 rings (SSSR count). The van der Waals surface area contributed by atoms with Gasteiger partial charge in [-0.3, -0.25) is 4.57 Å². The van der Waals surface area contributed by atoms with Crippen LogP contribution in [0.5, 0.6) is 0 Å². The number of hydrogen-bond donors (Lipinski definition) is 1. The molecule has 0 fully saturated rings. The van der Waals surface area contributed by atoms with Crippen LogP contribution in [0, 0.1) is 24.4 Å². The van der Waals surface area contributed by atoms with E-state index in [4.69, 9.17) is 21.7 Å². The molecule has 1 N–H and O–H groups in total. The molecule has 1 atom stereocenters. The van der Waals surface area contributed by atoms with Gasteiger partial charge >= 0.3 is 5.97 Å². The summed E-state index contributed by atoms with van der Waals surface area (Å²) in [7, 11) is 0. The first-order valence-electron chi connectivity index (χ1n) is 12.1. The number of halogens is 4. The lowest BCUT2D eigenvalue weighted by molar-refractivity contribution is 0.0695. The molecule has 1 aromatic heterocycles. The second-order valence-electron chi connectivity index (χ2n) is 9.66. The number of nitrogens with zero attached hydrogens (tertiary/aromatic N) is 2. The van der Waals surface area contributed by atoms with E-state index in [1.807, 2.05) is 23.6 Å². The number of carbonyl (C=O) groups is 1. The number of aromatic carboxylic acids is 1. The molecule has 0 radical (unpaired) electrons. The molecule has 1 aliphatic carbocycles. The summed E-state index contributed by atoms with van der Waals surface area (Å²) >= 11 is 7.46. The van der Waals surface area contributed by atoms with E-state index in [-0.39, 0.29) is 17.1 Å². The summed E-state index contributed by atoms with van der Waals surface area (Å²) < 4.78 is 45.2. The van der Waals surface area contributed by atoms with Gasteiger partial charge in [-0.25, -0.2) is 22.9 Å². The van der Waals surface area contributed by atoms with Gasteiger partial charge in [-0.2, -0.15) is 0 Å². The zero-order valence-corrected chi connectivity index (χ0v) is 22.3. The molecule has 9 heteroatoms. The number of fused-ring (bicyclic) bond motifs is 1. The van der Waals surface area contributed by atoms with E-state index >= 15 is 0 Å². The Labute approximate surface area is 227 Å². The first-order chi connectivity index (χ1) is 18.1. The van der Waals surface area contributed by atoms with Gasteiger partial charge < -0.3 is 5.11 Å². The van der Waals surface area contributed by atoms with Gasteiger partial charge in [0.15, 0.2) is 5.16 Å². The molecule has 0 saturated carbocycles. The van der Waals surface area contributed by atoms with Crippen molar-refractivity contribution in [2.75, 3.05) is 0 Å². The van der Waals surface area contributed by atoms with Crippen LogP contribution in [0.2, 0.25) is 5.02 Å². The number of carboxylic acid groups (broad SMARTS) is 1. The van der Waals surface area contributed by atoms with Gasteiger partial charge in [-0.15, -0.1) is 0 Å². The highest BCUT2D eigenvalue weighted by Crippen LogP contribution is 2.46. The lowest BCUT2D eigenvalue weighted by atomic mass is 9.71. The third kappa shape index (κ3) is 4.71. The predicted octanol–water partition coefficient (Wildman–Crippen LogP) is 7.88. The zero-order valence-electron chi connectivity index (χ0n) is 20.7. The van der Waals surface area contributed by atoms with Crippen LogP contribution in [0.1, 0.15) is 58.2 Å². The van der Waals surface area contributed by atoms with E-state index in [0.717, 1.165) is 65.7 Å². The van der Waals surface area contributed by atoms with Gasteiger partial charge in [0, 0.05) is 27.4 Å².